The molecule has 0 amide bonds. The summed E-state index contributed by atoms with van der Waals surface area (Å²) in [5.41, 5.74) is 0. The molecule has 0 aliphatic heterocycles. The van der Waals surface area contributed by atoms with Crippen molar-refractivity contribution in [1.82, 2.24) is 0 Å². The zero-order valence-electron chi connectivity index (χ0n) is 9.45. The van der Waals surface area contributed by atoms with Crippen LogP contribution < -0.4 is 0 Å². The van der Waals surface area contributed by atoms with E-state index in [0.717, 1.165) is 0 Å². The zero-order chi connectivity index (χ0) is 13.5. The monoisotopic (exact) mass is 262 g/mol. The SMILES string of the molecule is CC(=O)OCCCCCCC(F)(F)C(F)(F)F. The molecule has 0 aromatic carbocycles. The molecule has 102 valence electrons. The predicted molar refractivity (Wildman–Crippen MR) is 50.7 cm³/mol. The van der Waals surface area contributed by atoms with Crippen molar-refractivity contribution in [2.24, 2.45) is 0 Å². The van der Waals surface area contributed by atoms with Crippen molar-refractivity contribution in [2.45, 2.75) is 51.1 Å². The highest BCUT2D eigenvalue weighted by atomic mass is 19.4. The van der Waals surface area contributed by atoms with Gasteiger partial charge in [0.2, 0.25) is 0 Å². The van der Waals surface area contributed by atoms with Gasteiger partial charge in [-0.3, -0.25) is 4.79 Å². The van der Waals surface area contributed by atoms with E-state index in [2.05, 4.69) is 4.74 Å². The molecule has 0 saturated heterocycles. The Balaban J connectivity index is 3.55. The van der Waals surface area contributed by atoms with Crippen molar-refractivity contribution in [3.63, 3.8) is 0 Å². The molecule has 0 aliphatic rings. The lowest BCUT2D eigenvalue weighted by molar-refractivity contribution is -0.284. The molecule has 0 aromatic heterocycles. The van der Waals surface area contributed by atoms with Crippen LogP contribution in [0, 0.1) is 0 Å². The number of rotatable bonds is 7. The van der Waals surface area contributed by atoms with Crippen LogP contribution in [0.25, 0.3) is 0 Å². The number of halogens is 5. The van der Waals surface area contributed by atoms with Crippen molar-refractivity contribution >= 4 is 5.97 Å². The minimum atomic E-state index is -5.47. The quantitative estimate of drug-likeness (QED) is 0.397. The van der Waals surface area contributed by atoms with E-state index in [9.17, 15) is 26.7 Å². The van der Waals surface area contributed by atoms with E-state index < -0.39 is 24.5 Å². The third kappa shape index (κ3) is 7.12. The minimum Gasteiger partial charge on any atom is -0.466 e. The standard InChI is InChI=1S/C10H15F5O2/c1-8(16)17-7-5-3-2-4-6-9(11,12)10(13,14)15/h2-7H2,1H3. The molecule has 0 atom stereocenters. The van der Waals surface area contributed by atoms with Gasteiger partial charge >= 0.3 is 18.1 Å². The van der Waals surface area contributed by atoms with E-state index >= 15 is 0 Å². The van der Waals surface area contributed by atoms with E-state index in [4.69, 9.17) is 0 Å². The molecule has 17 heavy (non-hydrogen) atoms. The highest BCUT2D eigenvalue weighted by molar-refractivity contribution is 5.65. The minimum absolute atomic E-state index is 0.172. The highest BCUT2D eigenvalue weighted by Gasteiger charge is 2.56. The summed E-state index contributed by atoms with van der Waals surface area (Å²) in [7, 11) is 0. The number of alkyl halides is 5. The summed E-state index contributed by atoms with van der Waals surface area (Å²) in [6.07, 6.45) is -5.67. The molecule has 0 bridgehead atoms. The number of esters is 1. The Labute approximate surface area is 96.1 Å². The van der Waals surface area contributed by atoms with Crippen LogP contribution in [0.15, 0.2) is 0 Å². The Morgan fingerprint density at radius 2 is 1.53 bits per heavy atom. The lowest BCUT2D eigenvalue weighted by atomic mass is 10.1. The van der Waals surface area contributed by atoms with Crippen molar-refractivity contribution in [1.29, 1.82) is 0 Å². The smallest absolute Gasteiger partial charge is 0.453 e. The van der Waals surface area contributed by atoms with Crippen LogP contribution >= 0.6 is 0 Å². The van der Waals surface area contributed by atoms with Gasteiger partial charge in [-0.25, -0.2) is 0 Å². The first kappa shape index (κ1) is 16.1. The molecule has 0 heterocycles. The van der Waals surface area contributed by atoms with E-state index in [-0.39, 0.29) is 19.4 Å². The fraction of sp³-hybridized carbons (Fsp3) is 0.900. The molecule has 0 spiro atoms. The third-order valence-electron chi connectivity index (χ3n) is 2.11. The molecular weight excluding hydrogens is 247 g/mol. The number of carbonyl (C=O) groups excluding carboxylic acids is 1. The summed E-state index contributed by atoms with van der Waals surface area (Å²) in [4.78, 5) is 10.3. The molecule has 2 nitrogen and oxygen atoms in total. The summed E-state index contributed by atoms with van der Waals surface area (Å²) < 4.78 is 64.6. The van der Waals surface area contributed by atoms with Crippen molar-refractivity contribution in [3.05, 3.63) is 0 Å². The Hall–Kier alpha value is -0.880. The molecule has 0 aliphatic carbocycles. The first-order valence-corrected chi connectivity index (χ1v) is 5.25. The van der Waals surface area contributed by atoms with Gasteiger partial charge in [0.25, 0.3) is 0 Å². The van der Waals surface area contributed by atoms with Crippen LogP contribution in [0.4, 0.5) is 22.0 Å². The molecule has 0 N–H and O–H groups in total. The lowest BCUT2D eigenvalue weighted by Gasteiger charge is -2.19. The van der Waals surface area contributed by atoms with Crippen LogP contribution in [-0.4, -0.2) is 24.7 Å². The van der Waals surface area contributed by atoms with Gasteiger partial charge in [0, 0.05) is 13.3 Å². The number of carbonyl (C=O) groups is 1. The van der Waals surface area contributed by atoms with Gasteiger partial charge in [0.05, 0.1) is 6.61 Å². The number of unbranched alkanes of at least 4 members (excludes halogenated alkanes) is 3. The van der Waals surface area contributed by atoms with Crippen molar-refractivity contribution in [3.8, 4) is 0 Å². The molecular formula is C10H15F5O2. The Morgan fingerprint density at radius 1 is 1.00 bits per heavy atom. The molecule has 0 saturated carbocycles. The number of hydrogen-bond donors (Lipinski definition) is 0. The zero-order valence-corrected chi connectivity index (χ0v) is 9.45. The number of hydrogen-bond acceptors (Lipinski definition) is 2. The first-order valence-electron chi connectivity index (χ1n) is 5.25. The van der Waals surface area contributed by atoms with E-state index in [1.807, 2.05) is 0 Å². The maximum atomic E-state index is 12.4. The average Bonchev–Trinajstić information content (AvgIpc) is 2.13. The Bertz CT molecular complexity index is 237. The summed E-state index contributed by atoms with van der Waals surface area (Å²) in [6.45, 7) is 1.41. The summed E-state index contributed by atoms with van der Waals surface area (Å²) >= 11 is 0. The second-order valence-corrected chi connectivity index (χ2v) is 3.71. The third-order valence-corrected chi connectivity index (χ3v) is 2.11. The summed E-state index contributed by atoms with van der Waals surface area (Å²) in [5.74, 6) is -5.04. The Kier molecular flexibility index (Phi) is 6.41. The highest BCUT2D eigenvalue weighted by Crippen LogP contribution is 2.39. The van der Waals surface area contributed by atoms with Gasteiger partial charge in [-0.15, -0.1) is 0 Å². The normalized spacial score (nSPS) is 12.6. The van der Waals surface area contributed by atoms with E-state index in [0.29, 0.717) is 12.8 Å². The average molecular weight is 262 g/mol. The molecule has 0 radical (unpaired) electrons. The van der Waals surface area contributed by atoms with Gasteiger partial charge in [0.15, 0.2) is 0 Å². The largest absolute Gasteiger partial charge is 0.466 e. The van der Waals surface area contributed by atoms with Crippen LogP contribution in [-0.2, 0) is 9.53 Å². The topological polar surface area (TPSA) is 26.3 Å². The van der Waals surface area contributed by atoms with E-state index in [1.165, 1.54) is 6.92 Å². The fourth-order valence-electron chi connectivity index (χ4n) is 1.16. The molecule has 0 fully saturated rings. The molecule has 0 unspecified atom stereocenters. The molecule has 0 rings (SSSR count). The summed E-state index contributed by atoms with van der Waals surface area (Å²) in [5, 5.41) is 0. The van der Waals surface area contributed by atoms with Gasteiger partial charge in [-0.2, -0.15) is 22.0 Å². The van der Waals surface area contributed by atoms with Gasteiger partial charge in [-0.05, 0) is 12.8 Å². The maximum absolute atomic E-state index is 12.4. The van der Waals surface area contributed by atoms with Gasteiger partial charge in [-0.1, -0.05) is 12.8 Å². The summed E-state index contributed by atoms with van der Waals surface area (Å²) in [6, 6.07) is 0. The maximum Gasteiger partial charge on any atom is 0.453 e. The lowest BCUT2D eigenvalue weighted by Crippen LogP contribution is -2.36. The molecule has 0 aromatic rings. The van der Waals surface area contributed by atoms with Crippen LogP contribution in [0.2, 0.25) is 0 Å². The second kappa shape index (κ2) is 6.76. The second-order valence-electron chi connectivity index (χ2n) is 3.71. The first-order chi connectivity index (χ1) is 7.67. The fourth-order valence-corrected chi connectivity index (χ4v) is 1.16. The van der Waals surface area contributed by atoms with Crippen LogP contribution in [0.5, 0.6) is 0 Å². The van der Waals surface area contributed by atoms with Gasteiger partial charge < -0.3 is 4.74 Å². The van der Waals surface area contributed by atoms with Crippen LogP contribution in [0.3, 0.4) is 0 Å². The van der Waals surface area contributed by atoms with Crippen molar-refractivity contribution < 1.29 is 31.5 Å². The Morgan fingerprint density at radius 3 is 2.00 bits per heavy atom. The van der Waals surface area contributed by atoms with E-state index in [1.54, 1.807) is 0 Å². The predicted octanol–water partition coefficient (Wildman–Crippen LogP) is 3.70. The van der Waals surface area contributed by atoms with Crippen molar-refractivity contribution in [2.75, 3.05) is 6.61 Å². The number of ether oxygens (including phenoxy) is 1. The van der Waals surface area contributed by atoms with Crippen LogP contribution in [0.1, 0.15) is 39.0 Å². The van der Waals surface area contributed by atoms with Gasteiger partial charge in [0.1, 0.15) is 0 Å². The molecule has 7 heteroatoms.